The highest BCUT2D eigenvalue weighted by atomic mass is 16.5. The van der Waals surface area contributed by atoms with E-state index >= 15 is 0 Å². The Morgan fingerprint density at radius 3 is 2.62 bits per heavy atom. The van der Waals surface area contributed by atoms with Crippen LogP contribution in [0.3, 0.4) is 0 Å². The molecule has 1 aliphatic carbocycles. The summed E-state index contributed by atoms with van der Waals surface area (Å²) in [6.45, 7) is 4.97. The summed E-state index contributed by atoms with van der Waals surface area (Å²) < 4.78 is 5.75. The summed E-state index contributed by atoms with van der Waals surface area (Å²) in [6.07, 6.45) is 17.1. The highest BCUT2D eigenvalue weighted by molar-refractivity contribution is 4.91. The van der Waals surface area contributed by atoms with Crippen molar-refractivity contribution in [2.75, 3.05) is 6.61 Å². The summed E-state index contributed by atoms with van der Waals surface area (Å²) in [5.41, 5.74) is 0. The van der Waals surface area contributed by atoms with E-state index in [1.165, 1.54) is 32.1 Å². The van der Waals surface area contributed by atoms with E-state index in [-0.39, 0.29) is 0 Å². The second-order valence-corrected chi connectivity index (χ2v) is 4.63. The van der Waals surface area contributed by atoms with Crippen molar-refractivity contribution in [1.82, 2.24) is 0 Å². The lowest BCUT2D eigenvalue weighted by Crippen LogP contribution is -2.08. The van der Waals surface area contributed by atoms with Gasteiger partial charge in [-0.25, -0.2) is 0 Å². The summed E-state index contributed by atoms with van der Waals surface area (Å²) in [5, 5.41) is 0. The first kappa shape index (κ1) is 13.5. The van der Waals surface area contributed by atoms with E-state index in [4.69, 9.17) is 4.74 Å². The van der Waals surface area contributed by atoms with Crippen molar-refractivity contribution in [1.29, 1.82) is 0 Å². The van der Waals surface area contributed by atoms with Gasteiger partial charge in [0.15, 0.2) is 0 Å². The van der Waals surface area contributed by atoms with Crippen molar-refractivity contribution in [2.24, 2.45) is 5.92 Å². The maximum absolute atomic E-state index is 5.75. The van der Waals surface area contributed by atoms with Crippen LogP contribution in [-0.4, -0.2) is 12.7 Å². The normalized spacial score (nSPS) is 20.9. The molecule has 0 aromatic carbocycles. The van der Waals surface area contributed by atoms with Crippen molar-refractivity contribution >= 4 is 0 Å². The summed E-state index contributed by atoms with van der Waals surface area (Å²) in [4.78, 5) is 0. The third-order valence-corrected chi connectivity index (χ3v) is 3.27. The van der Waals surface area contributed by atoms with Crippen molar-refractivity contribution in [3.05, 3.63) is 24.3 Å². The van der Waals surface area contributed by atoms with Crippen molar-refractivity contribution in [3.8, 4) is 0 Å². The fourth-order valence-corrected chi connectivity index (χ4v) is 2.28. The lowest BCUT2D eigenvalue weighted by Gasteiger charge is -2.17. The van der Waals surface area contributed by atoms with Gasteiger partial charge in [0, 0.05) is 0 Å². The molecule has 0 saturated heterocycles. The molecule has 0 unspecified atom stereocenters. The summed E-state index contributed by atoms with van der Waals surface area (Å²) in [7, 11) is 0. The molecular formula is C15H26O. The van der Waals surface area contributed by atoms with Crippen LogP contribution in [0, 0.1) is 5.92 Å². The highest BCUT2D eigenvalue weighted by Crippen LogP contribution is 2.24. The van der Waals surface area contributed by atoms with Crippen molar-refractivity contribution < 1.29 is 4.74 Å². The number of hydrogen-bond acceptors (Lipinski definition) is 1. The number of ether oxygens (including phenoxy) is 1. The average Bonchev–Trinajstić information content (AvgIpc) is 2.34. The number of allylic oxidation sites excluding steroid dienone is 2. The lowest BCUT2D eigenvalue weighted by molar-refractivity contribution is 0.106. The Kier molecular flexibility index (Phi) is 7.24. The molecule has 0 amide bonds. The predicted octanol–water partition coefficient (Wildman–Crippen LogP) is 4.49. The number of hydrogen-bond donors (Lipinski definition) is 0. The zero-order valence-corrected chi connectivity index (χ0v) is 10.8. The van der Waals surface area contributed by atoms with Crippen LogP contribution in [0.1, 0.15) is 52.4 Å². The van der Waals surface area contributed by atoms with Crippen LogP contribution in [0.2, 0.25) is 0 Å². The van der Waals surface area contributed by atoms with Crippen LogP contribution in [0.5, 0.6) is 0 Å². The van der Waals surface area contributed by atoms with E-state index in [0.29, 0.717) is 6.10 Å². The molecule has 1 heteroatoms. The molecule has 1 rings (SSSR count). The zero-order chi connectivity index (χ0) is 11.6. The van der Waals surface area contributed by atoms with Crippen LogP contribution in [0.25, 0.3) is 0 Å². The van der Waals surface area contributed by atoms with Crippen molar-refractivity contribution in [3.63, 3.8) is 0 Å². The van der Waals surface area contributed by atoms with Gasteiger partial charge < -0.3 is 4.74 Å². The van der Waals surface area contributed by atoms with E-state index in [9.17, 15) is 0 Å². The molecule has 1 atom stereocenters. The Bertz CT molecular complexity index is 211. The molecular weight excluding hydrogens is 196 g/mol. The first-order valence-electron chi connectivity index (χ1n) is 6.78. The summed E-state index contributed by atoms with van der Waals surface area (Å²) in [6, 6.07) is 0. The van der Waals surface area contributed by atoms with Crippen LogP contribution in [0.4, 0.5) is 0 Å². The molecule has 0 aliphatic heterocycles. The molecule has 1 saturated carbocycles. The van der Waals surface area contributed by atoms with Crippen LogP contribution < -0.4 is 0 Å². The second kappa shape index (κ2) is 8.58. The van der Waals surface area contributed by atoms with Gasteiger partial charge in [-0.3, -0.25) is 0 Å². The van der Waals surface area contributed by atoms with Crippen LogP contribution in [-0.2, 0) is 4.74 Å². The minimum atomic E-state index is 0.293. The second-order valence-electron chi connectivity index (χ2n) is 4.63. The Balaban J connectivity index is 2.15. The van der Waals surface area contributed by atoms with E-state index < -0.39 is 0 Å². The average molecular weight is 222 g/mol. The van der Waals surface area contributed by atoms with E-state index in [2.05, 4.69) is 31.2 Å². The summed E-state index contributed by atoms with van der Waals surface area (Å²) in [5.74, 6) is 0.819. The SMILES string of the molecule is C/C=C/[C@@H](CC)OC/C=C/C1CCCCC1. The molecule has 0 bridgehead atoms. The predicted molar refractivity (Wildman–Crippen MR) is 70.6 cm³/mol. The zero-order valence-electron chi connectivity index (χ0n) is 10.8. The first-order valence-corrected chi connectivity index (χ1v) is 6.78. The maximum atomic E-state index is 5.75. The van der Waals surface area contributed by atoms with Gasteiger partial charge in [0.1, 0.15) is 0 Å². The molecule has 0 spiro atoms. The molecule has 0 radical (unpaired) electrons. The smallest absolute Gasteiger partial charge is 0.0757 e. The van der Waals surface area contributed by atoms with Gasteiger partial charge in [0.25, 0.3) is 0 Å². The molecule has 1 fully saturated rings. The van der Waals surface area contributed by atoms with Gasteiger partial charge in [-0.05, 0) is 32.1 Å². The highest BCUT2D eigenvalue weighted by Gasteiger charge is 2.09. The third-order valence-electron chi connectivity index (χ3n) is 3.27. The van der Waals surface area contributed by atoms with E-state index in [1.807, 2.05) is 6.92 Å². The van der Waals surface area contributed by atoms with Gasteiger partial charge in [0.2, 0.25) is 0 Å². The minimum Gasteiger partial charge on any atom is -0.370 e. The van der Waals surface area contributed by atoms with Gasteiger partial charge >= 0.3 is 0 Å². The fraction of sp³-hybridized carbons (Fsp3) is 0.733. The Morgan fingerprint density at radius 1 is 1.25 bits per heavy atom. The lowest BCUT2D eigenvalue weighted by atomic mass is 9.89. The molecule has 0 aromatic rings. The quantitative estimate of drug-likeness (QED) is 0.601. The molecule has 1 nitrogen and oxygen atoms in total. The van der Waals surface area contributed by atoms with E-state index in [1.54, 1.807) is 0 Å². The number of rotatable bonds is 6. The Labute approximate surface area is 101 Å². The van der Waals surface area contributed by atoms with Crippen molar-refractivity contribution in [2.45, 2.75) is 58.5 Å². The fourth-order valence-electron chi connectivity index (χ4n) is 2.28. The monoisotopic (exact) mass is 222 g/mol. The topological polar surface area (TPSA) is 9.23 Å². The molecule has 1 aliphatic rings. The van der Waals surface area contributed by atoms with Gasteiger partial charge in [-0.15, -0.1) is 0 Å². The van der Waals surface area contributed by atoms with Crippen LogP contribution >= 0.6 is 0 Å². The van der Waals surface area contributed by atoms with Crippen LogP contribution in [0.15, 0.2) is 24.3 Å². The maximum Gasteiger partial charge on any atom is 0.0757 e. The van der Waals surface area contributed by atoms with Gasteiger partial charge in [0.05, 0.1) is 12.7 Å². The van der Waals surface area contributed by atoms with Gasteiger partial charge in [-0.2, -0.15) is 0 Å². The molecule has 16 heavy (non-hydrogen) atoms. The van der Waals surface area contributed by atoms with Gasteiger partial charge in [-0.1, -0.05) is 50.5 Å². The first-order chi connectivity index (χ1) is 7.86. The standard InChI is InChI=1S/C15H26O/c1-3-9-15(4-2)16-13-8-12-14-10-6-5-7-11-14/h3,8-9,12,14-15H,4-7,10-11,13H2,1-2H3/b9-3+,12-8+/t15-/m1/s1. The Morgan fingerprint density at radius 2 is 2.00 bits per heavy atom. The largest absolute Gasteiger partial charge is 0.370 e. The molecule has 0 N–H and O–H groups in total. The van der Waals surface area contributed by atoms with E-state index in [0.717, 1.165) is 18.9 Å². The molecule has 92 valence electrons. The third kappa shape index (κ3) is 5.50. The molecule has 0 heterocycles. The minimum absolute atomic E-state index is 0.293. The molecule has 0 aromatic heterocycles. The summed E-state index contributed by atoms with van der Waals surface area (Å²) >= 11 is 0. The Hall–Kier alpha value is -0.560.